The number of fused-ring (bicyclic) bond motifs is 10. The lowest BCUT2D eigenvalue weighted by Gasteiger charge is -2.28. The van der Waals surface area contributed by atoms with Crippen molar-refractivity contribution in [3.8, 4) is 23.0 Å². The predicted octanol–water partition coefficient (Wildman–Crippen LogP) is 14.2. The summed E-state index contributed by atoms with van der Waals surface area (Å²) < 4.78 is 15.4. The van der Waals surface area contributed by atoms with E-state index in [-0.39, 0.29) is 83.9 Å². The summed E-state index contributed by atoms with van der Waals surface area (Å²) in [6.45, 7) is 25.4. The fourth-order valence-electron chi connectivity index (χ4n) is 9.45. The number of anilines is 2. The quantitative estimate of drug-likeness (QED) is 0.118. The van der Waals surface area contributed by atoms with Crippen LogP contribution < -0.4 is 20.1 Å². The van der Waals surface area contributed by atoms with Crippen LogP contribution in [0.15, 0.2) is 97.1 Å². The van der Waals surface area contributed by atoms with Crippen LogP contribution >= 0.6 is 22.7 Å². The van der Waals surface area contributed by atoms with E-state index < -0.39 is 0 Å². The van der Waals surface area contributed by atoms with Crippen LogP contribution in [0.4, 0.5) is 10.3 Å². The lowest BCUT2D eigenvalue weighted by Crippen LogP contribution is -2.22. The number of benzene rings is 6. The SMILES string of the molecule is CC(C)(C)c1cc2c(O)c(c1)Cc1cc(C(C)(C)C)cc(c1OCC(=O)Nc1nc3ccccc3s1)Cc1cc(C(C)(C)C)cc(c1O)Cc1cc(C(C)(C)C)cc(c1OCC(=O)Nc1nc3ccccc3s1)C2. The Kier molecular flexibility index (Phi) is 14.0. The van der Waals surface area contributed by atoms with Gasteiger partial charge in [0.05, 0.1) is 20.4 Å². The smallest absolute Gasteiger partial charge is 0.264 e. The molecule has 0 fully saturated rings. The number of aromatic hydroxyl groups is 2. The molecule has 1 aliphatic rings. The van der Waals surface area contributed by atoms with Crippen molar-refractivity contribution in [2.75, 3.05) is 23.8 Å². The summed E-state index contributed by atoms with van der Waals surface area (Å²) in [6.07, 6.45) is 1.10. The number of amides is 2. The Hall–Kier alpha value is -6.76. The number of thiazole rings is 2. The van der Waals surface area contributed by atoms with Crippen LogP contribution in [0, 0.1) is 0 Å². The molecule has 2 aromatic heterocycles. The molecule has 0 spiro atoms. The van der Waals surface area contributed by atoms with Crippen LogP contribution in [-0.4, -0.2) is 45.2 Å². The zero-order valence-electron chi connectivity index (χ0n) is 44.7. The molecule has 9 rings (SSSR count). The average molecular weight is 1030 g/mol. The summed E-state index contributed by atoms with van der Waals surface area (Å²) in [5.74, 6) is 0.623. The third-order valence-corrected chi connectivity index (χ3v) is 15.7. The first-order chi connectivity index (χ1) is 34.8. The van der Waals surface area contributed by atoms with Gasteiger partial charge in [0, 0.05) is 25.7 Å². The first-order valence-electron chi connectivity index (χ1n) is 25.4. The van der Waals surface area contributed by atoms with Crippen LogP contribution in [0.3, 0.4) is 0 Å². The third kappa shape index (κ3) is 11.5. The maximum absolute atomic E-state index is 13.9. The molecule has 2 heterocycles. The fraction of sp³-hybridized carbons (Fsp3) is 0.355. The highest BCUT2D eigenvalue weighted by Gasteiger charge is 2.29. The molecule has 2 amide bonds. The molecule has 384 valence electrons. The number of carbonyl (C=O) groups is 2. The molecule has 0 unspecified atom stereocenters. The Morgan fingerprint density at radius 2 is 0.730 bits per heavy atom. The molecule has 8 aromatic rings. The summed E-state index contributed by atoms with van der Waals surface area (Å²) in [5.41, 5.74) is 10.5. The van der Waals surface area contributed by atoms with Gasteiger partial charge in [0.2, 0.25) is 0 Å². The summed E-state index contributed by atoms with van der Waals surface area (Å²) in [7, 11) is 0. The number of hydrogen-bond donors (Lipinski definition) is 4. The number of ether oxygens (including phenoxy) is 2. The second-order valence-corrected chi connectivity index (χ2v) is 25.9. The maximum atomic E-state index is 13.9. The van der Waals surface area contributed by atoms with Crippen molar-refractivity contribution in [3.05, 3.63) is 164 Å². The van der Waals surface area contributed by atoms with Gasteiger partial charge in [0.15, 0.2) is 23.5 Å². The van der Waals surface area contributed by atoms with E-state index in [4.69, 9.17) is 9.47 Å². The van der Waals surface area contributed by atoms with Crippen molar-refractivity contribution in [2.24, 2.45) is 0 Å². The van der Waals surface area contributed by atoms with Gasteiger partial charge in [-0.25, -0.2) is 9.97 Å². The van der Waals surface area contributed by atoms with E-state index in [1.54, 1.807) is 0 Å². The number of para-hydroxylation sites is 2. The van der Waals surface area contributed by atoms with Crippen LogP contribution in [0.1, 0.15) is 150 Å². The van der Waals surface area contributed by atoms with Crippen LogP contribution in [-0.2, 0) is 56.9 Å². The van der Waals surface area contributed by atoms with Gasteiger partial charge < -0.3 is 19.7 Å². The van der Waals surface area contributed by atoms with Crippen molar-refractivity contribution in [1.82, 2.24) is 9.97 Å². The minimum atomic E-state index is -0.356. The minimum Gasteiger partial charge on any atom is -0.507 e. The van der Waals surface area contributed by atoms with Gasteiger partial charge in [0.1, 0.15) is 23.0 Å². The zero-order valence-corrected chi connectivity index (χ0v) is 46.4. The van der Waals surface area contributed by atoms with Crippen molar-refractivity contribution in [3.63, 3.8) is 0 Å². The normalized spacial score (nSPS) is 13.2. The Morgan fingerprint density at radius 3 is 1.00 bits per heavy atom. The molecule has 0 atom stereocenters. The molecular weight excluding hydrogens is 961 g/mol. The molecule has 8 bridgehead atoms. The monoisotopic (exact) mass is 1030 g/mol. The number of nitrogens with zero attached hydrogens (tertiary/aromatic N) is 2. The Bertz CT molecular complexity index is 3080. The van der Waals surface area contributed by atoms with Crippen molar-refractivity contribution < 1.29 is 29.3 Å². The molecule has 6 aromatic carbocycles. The molecule has 74 heavy (non-hydrogen) atoms. The number of hydrogen-bond acceptors (Lipinski definition) is 10. The first kappa shape index (κ1) is 52.1. The van der Waals surface area contributed by atoms with E-state index >= 15 is 0 Å². The van der Waals surface area contributed by atoms with E-state index in [1.807, 2.05) is 48.5 Å². The lowest BCUT2D eigenvalue weighted by molar-refractivity contribution is -0.118. The first-order valence-corrected chi connectivity index (χ1v) is 27.0. The second kappa shape index (κ2) is 19.8. The average Bonchev–Trinajstić information content (AvgIpc) is 3.92. The molecule has 0 aliphatic heterocycles. The van der Waals surface area contributed by atoms with Crippen LogP contribution in [0.5, 0.6) is 23.0 Å². The van der Waals surface area contributed by atoms with Gasteiger partial charge >= 0.3 is 0 Å². The maximum Gasteiger partial charge on any atom is 0.264 e. The highest BCUT2D eigenvalue weighted by atomic mass is 32.1. The number of phenols is 2. The molecular formula is C62H68N4O6S2. The van der Waals surface area contributed by atoms with Crippen LogP contribution in [0.25, 0.3) is 20.4 Å². The molecule has 10 nitrogen and oxygen atoms in total. The van der Waals surface area contributed by atoms with Crippen LogP contribution in [0.2, 0.25) is 0 Å². The van der Waals surface area contributed by atoms with E-state index in [0.717, 1.165) is 64.9 Å². The molecule has 1 aliphatic carbocycles. The molecule has 0 radical (unpaired) electrons. The van der Waals surface area contributed by atoms with E-state index in [9.17, 15) is 19.8 Å². The highest BCUT2D eigenvalue weighted by molar-refractivity contribution is 7.22. The number of nitrogens with one attached hydrogen (secondary N) is 2. The lowest BCUT2D eigenvalue weighted by atomic mass is 9.79. The van der Waals surface area contributed by atoms with Gasteiger partial charge in [-0.1, -0.05) is 179 Å². The molecule has 4 N–H and O–H groups in total. The Balaban J connectivity index is 1.22. The topological polar surface area (TPSA) is 143 Å². The molecule has 12 heteroatoms. The van der Waals surface area contributed by atoms with Gasteiger partial charge in [0.25, 0.3) is 11.8 Å². The summed E-state index contributed by atoms with van der Waals surface area (Å²) in [6, 6.07) is 32.4. The largest absolute Gasteiger partial charge is 0.507 e. The summed E-state index contributed by atoms with van der Waals surface area (Å²) in [5, 5.41) is 32.4. The number of phenolic OH excluding ortho intramolecular Hbond substituents is 2. The van der Waals surface area contributed by atoms with Crippen molar-refractivity contribution in [1.29, 1.82) is 0 Å². The number of aromatic nitrogens is 2. The van der Waals surface area contributed by atoms with Gasteiger partial charge in [-0.3, -0.25) is 20.2 Å². The highest BCUT2D eigenvalue weighted by Crippen LogP contribution is 2.44. The van der Waals surface area contributed by atoms with Gasteiger partial charge in [-0.05, 0) is 113 Å². The summed E-state index contributed by atoms with van der Waals surface area (Å²) in [4.78, 5) is 37.0. The molecule has 0 saturated heterocycles. The number of carbonyl (C=O) groups excluding carboxylic acids is 2. The predicted molar refractivity (Wildman–Crippen MR) is 303 cm³/mol. The molecule has 0 saturated carbocycles. The second-order valence-electron chi connectivity index (χ2n) is 23.9. The standard InChI is InChI=1S/C62H68N4O6S2/c1-59(2,3)43-25-35-21-39-29-45(61(7,8)9)31-41(55(39)71-33-51(67)65-57-63-47-17-13-15-19-49(47)73-57)23-37-27-44(60(4,5)6)28-38(54(37)70)24-42-32-46(62(10,11)12)30-40(22-36(26-43)53(35)69)56(42)72-34-52(68)66-58-64-48-18-14-16-20-50(48)74-58/h13-20,25-32,69-70H,21-24,33-34H2,1-12H3,(H,63,65,67)(H,64,66,68). The minimum absolute atomic E-state index is 0.146. The van der Waals surface area contributed by atoms with E-state index in [1.165, 1.54) is 22.7 Å². The van der Waals surface area contributed by atoms with E-state index in [2.05, 4.69) is 152 Å². The number of rotatable bonds is 8. The van der Waals surface area contributed by atoms with Gasteiger partial charge in [-0.2, -0.15) is 0 Å². The fourth-order valence-corrected chi connectivity index (χ4v) is 11.2. The van der Waals surface area contributed by atoms with Crippen molar-refractivity contribution >= 4 is 65.2 Å². The Labute approximate surface area is 443 Å². The summed E-state index contributed by atoms with van der Waals surface area (Å²) >= 11 is 2.81. The van der Waals surface area contributed by atoms with E-state index in [0.29, 0.717) is 44.0 Å². The third-order valence-electron chi connectivity index (χ3n) is 13.8. The Morgan fingerprint density at radius 1 is 0.459 bits per heavy atom. The zero-order chi connectivity index (χ0) is 53.1. The van der Waals surface area contributed by atoms with Gasteiger partial charge in [-0.15, -0.1) is 0 Å². The van der Waals surface area contributed by atoms with Crippen molar-refractivity contribution in [2.45, 2.75) is 130 Å².